The molecule has 0 radical (unpaired) electrons. The van der Waals surface area contributed by atoms with E-state index in [4.69, 9.17) is 14.6 Å². The van der Waals surface area contributed by atoms with Gasteiger partial charge in [-0.3, -0.25) is 9.59 Å². The summed E-state index contributed by atoms with van der Waals surface area (Å²) in [6, 6.07) is 4.71. The monoisotopic (exact) mass is 380 g/mol. The Morgan fingerprint density at radius 2 is 1.78 bits per heavy atom. The lowest BCUT2D eigenvalue weighted by molar-refractivity contribution is -0.139. The Hall–Kier alpha value is -3.10. The summed E-state index contributed by atoms with van der Waals surface area (Å²) < 4.78 is 9.97. The molecule has 148 valence electrons. The van der Waals surface area contributed by atoms with E-state index in [0.29, 0.717) is 0 Å². The molecule has 0 heterocycles. The van der Waals surface area contributed by atoms with E-state index in [-0.39, 0.29) is 17.9 Å². The van der Waals surface area contributed by atoms with Gasteiger partial charge in [0.05, 0.1) is 24.3 Å². The largest absolute Gasteiger partial charge is 0.481 e. The summed E-state index contributed by atoms with van der Waals surface area (Å²) in [4.78, 5) is 47.4. The lowest BCUT2D eigenvalue weighted by Crippen LogP contribution is -2.47. The normalized spacial score (nSPS) is 11.9. The first-order valence-electron chi connectivity index (χ1n) is 8.31. The lowest BCUT2D eigenvalue weighted by atomic mass is 10.1. The van der Waals surface area contributed by atoms with Crippen LogP contribution in [0.2, 0.25) is 0 Å². The molecular weight excluding hydrogens is 356 g/mol. The first-order valence-corrected chi connectivity index (χ1v) is 8.31. The Kier molecular flexibility index (Phi) is 7.77. The van der Waals surface area contributed by atoms with Crippen LogP contribution in [0.5, 0.6) is 0 Å². The Bertz CT molecular complexity index is 710. The van der Waals surface area contributed by atoms with Crippen molar-refractivity contribution in [2.45, 2.75) is 45.8 Å². The molecule has 0 spiro atoms. The predicted molar refractivity (Wildman–Crippen MR) is 96.4 cm³/mol. The average molecular weight is 380 g/mol. The van der Waals surface area contributed by atoms with E-state index in [2.05, 4.69) is 10.6 Å². The summed E-state index contributed by atoms with van der Waals surface area (Å²) >= 11 is 0. The first-order chi connectivity index (χ1) is 12.5. The number of para-hydroxylation sites is 1. The van der Waals surface area contributed by atoms with E-state index in [9.17, 15) is 19.2 Å². The van der Waals surface area contributed by atoms with Crippen molar-refractivity contribution in [3.05, 3.63) is 29.8 Å². The van der Waals surface area contributed by atoms with Crippen LogP contribution in [-0.2, 0) is 19.1 Å². The number of ether oxygens (including phenoxy) is 2. The molecule has 0 saturated carbocycles. The molecular formula is C18H24N2O7. The zero-order valence-corrected chi connectivity index (χ0v) is 15.7. The quantitative estimate of drug-likeness (QED) is 0.618. The topological polar surface area (TPSA) is 131 Å². The molecule has 9 nitrogen and oxygen atoms in total. The molecule has 1 rings (SSSR count). The second-order valence-corrected chi connectivity index (χ2v) is 6.55. The maximum absolute atomic E-state index is 12.5. The predicted octanol–water partition coefficient (Wildman–Crippen LogP) is 2.17. The minimum atomic E-state index is -1.40. The summed E-state index contributed by atoms with van der Waals surface area (Å²) in [5.41, 5.74) is -0.563. The molecule has 0 aromatic heterocycles. The zero-order valence-electron chi connectivity index (χ0n) is 15.7. The molecule has 1 aromatic rings. The van der Waals surface area contributed by atoms with Gasteiger partial charge in [0.2, 0.25) is 5.91 Å². The molecule has 27 heavy (non-hydrogen) atoms. The molecule has 1 unspecified atom stereocenters. The highest BCUT2D eigenvalue weighted by atomic mass is 16.6. The van der Waals surface area contributed by atoms with Crippen LogP contribution < -0.4 is 10.6 Å². The Morgan fingerprint density at radius 1 is 1.15 bits per heavy atom. The fourth-order valence-corrected chi connectivity index (χ4v) is 2.03. The van der Waals surface area contributed by atoms with Gasteiger partial charge in [-0.25, -0.2) is 9.59 Å². The van der Waals surface area contributed by atoms with E-state index in [1.807, 2.05) is 0 Å². The number of nitrogens with one attached hydrogen (secondary N) is 2. The third kappa shape index (κ3) is 7.76. The summed E-state index contributed by atoms with van der Waals surface area (Å²) in [5, 5.41) is 13.7. The SMILES string of the molecule is CCOC(=O)c1ccccc1NC(=O)C(CC(=O)O)NC(=O)OC(C)(C)C. The standard InChI is InChI=1S/C18H24N2O7/c1-5-26-16(24)11-8-6-7-9-12(11)19-15(23)13(10-14(21)22)20-17(25)27-18(2,3)4/h6-9,13H,5,10H2,1-4H3,(H,19,23)(H,20,25)(H,21,22). The highest BCUT2D eigenvalue weighted by Gasteiger charge is 2.27. The van der Waals surface area contributed by atoms with Crippen LogP contribution in [0.1, 0.15) is 44.5 Å². The van der Waals surface area contributed by atoms with Gasteiger partial charge in [-0.15, -0.1) is 0 Å². The van der Waals surface area contributed by atoms with Crippen molar-refractivity contribution in [1.29, 1.82) is 0 Å². The number of rotatable bonds is 7. The average Bonchev–Trinajstić information content (AvgIpc) is 2.52. The van der Waals surface area contributed by atoms with Gasteiger partial charge >= 0.3 is 18.0 Å². The molecule has 9 heteroatoms. The van der Waals surface area contributed by atoms with Gasteiger partial charge in [0.25, 0.3) is 0 Å². The molecule has 0 fully saturated rings. The smallest absolute Gasteiger partial charge is 0.408 e. The van der Waals surface area contributed by atoms with Crippen molar-refractivity contribution in [3.8, 4) is 0 Å². The number of esters is 1. The minimum absolute atomic E-state index is 0.110. The van der Waals surface area contributed by atoms with Crippen molar-refractivity contribution in [2.24, 2.45) is 0 Å². The number of hydrogen-bond donors (Lipinski definition) is 3. The number of benzene rings is 1. The Labute approximate surface area is 157 Å². The van der Waals surface area contributed by atoms with Gasteiger partial charge < -0.3 is 25.2 Å². The fraction of sp³-hybridized carbons (Fsp3) is 0.444. The van der Waals surface area contributed by atoms with Crippen molar-refractivity contribution >= 4 is 29.6 Å². The first kappa shape index (κ1) is 21.9. The van der Waals surface area contributed by atoms with Gasteiger partial charge in [-0.05, 0) is 39.8 Å². The highest BCUT2D eigenvalue weighted by molar-refractivity contribution is 6.04. The van der Waals surface area contributed by atoms with Gasteiger partial charge in [0.1, 0.15) is 11.6 Å². The number of carboxylic acids is 1. The fourth-order valence-electron chi connectivity index (χ4n) is 2.03. The number of alkyl carbamates (subject to hydrolysis) is 1. The lowest BCUT2D eigenvalue weighted by Gasteiger charge is -2.23. The van der Waals surface area contributed by atoms with Crippen molar-refractivity contribution in [3.63, 3.8) is 0 Å². The van der Waals surface area contributed by atoms with Crippen LogP contribution in [-0.4, -0.2) is 47.3 Å². The maximum Gasteiger partial charge on any atom is 0.408 e. The summed E-state index contributed by atoms with van der Waals surface area (Å²) in [7, 11) is 0. The van der Waals surface area contributed by atoms with Crippen LogP contribution in [0.25, 0.3) is 0 Å². The van der Waals surface area contributed by atoms with Crippen LogP contribution >= 0.6 is 0 Å². The molecule has 0 aliphatic rings. The third-order valence-corrected chi connectivity index (χ3v) is 3.07. The summed E-state index contributed by atoms with van der Waals surface area (Å²) in [6.07, 6.45) is -1.59. The molecule has 0 saturated heterocycles. The minimum Gasteiger partial charge on any atom is -0.481 e. The van der Waals surface area contributed by atoms with Gasteiger partial charge in [0.15, 0.2) is 0 Å². The molecule has 0 bridgehead atoms. The Balaban J connectivity index is 2.96. The molecule has 2 amide bonds. The summed E-state index contributed by atoms with van der Waals surface area (Å²) in [6.45, 7) is 6.70. The van der Waals surface area contributed by atoms with E-state index in [0.717, 1.165) is 0 Å². The van der Waals surface area contributed by atoms with Gasteiger partial charge in [-0.2, -0.15) is 0 Å². The van der Waals surface area contributed by atoms with Crippen LogP contribution in [0.3, 0.4) is 0 Å². The number of carboxylic acid groups (broad SMARTS) is 1. The van der Waals surface area contributed by atoms with Crippen LogP contribution in [0, 0.1) is 0 Å². The number of anilines is 1. The number of amides is 2. The van der Waals surface area contributed by atoms with E-state index >= 15 is 0 Å². The number of hydrogen-bond acceptors (Lipinski definition) is 6. The number of aliphatic carboxylic acids is 1. The van der Waals surface area contributed by atoms with Gasteiger partial charge in [0, 0.05) is 0 Å². The molecule has 1 aromatic carbocycles. The number of carbonyl (C=O) groups is 4. The number of carbonyl (C=O) groups excluding carboxylic acids is 3. The molecule has 0 aliphatic heterocycles. The zero-order chi connectivity index (χ0) is 20.6. The Morgan fingerprint density at radius 3 is 2.33 bits per heavy atom. The van der Waals surface area contributed by atoms with Crippen LogP contribution in [0.15, 0.2) is 24.3 Å². The second-order valence-electron chi connectivity index (χ2n) is 6.55. The van der Waals surface area contributed by atoms with Crippen molar-refractivity contribution < 1.29 is 33.8 Å². The van der Waals surface area contributed by atoms with Crippen molar-refractivity contribution in [1.82, 2.24) is 5.32 Å². The molecule has 0 aliphatic carbocycles. The van der Waals surface area contributed by atoms with E-state index in [1.165, 1.54) is 12.1 Å². The van der Waals surface area contributed by atoms with Gasteiger partial charge in [-0.1, -0.05) is 12.1 Å². The van der Waals surface area contributed by atoms with Crippen molar-refractivity contribution in [2.75, 3.05) is 11.9 Å². The third-order valence-electron chi connectivity index (χ3n) is 3.07. The van der Waals surface area contributed by atoms with E-state index in [1.54, 1.807) is 39.8 Å². The molecule has 1 atom stereocenters. The maximum atomic E-state index is 12.5. The summed E-state index contributed by atoms with van der Waals surface area (Å²) in [5.74, 6) is -2.73. The van der Waals surface area contributed by atoms with Crippen LogP contribution in [0.4, 0.5) is 10.5 Å². The second kappa shape index (κ2) is 9.56. The highest BCUT2D eigenvalue weighted by Crippen LogP contribution is 2.17. The van der Waals surface area contributed by atoms with E-state index < -0.39 is 42.0 Å². The molecule has 3 N–H and O–H groups in total.